The van der Waals surface area contributed by atoms with Crippen molar-refractivity contribution in [3.05, 3.63) is 0 Å². The number of aliphatic hydroxyl groups is 1. The Morgan fingerprint density at radius 3 is 0.929 bits per heavy atom. The van der Waals surface area contributed by atoms with Crippen LogP contribution in [0.2, 0.25) is 0 Å². The predicted octanol–water partition coefficient (Wildman–Crippen LogP) is -15.9. The normalized spacial score (nSPS) is 10.1. The average molecular weight is 280 g/mol. The van der Waals surface area contributed by atoms with Crippen LogP contribution in [0.25, 0.3) is 0 Å². The van der Waals surface area contributed by atoms with E-state index in [9.17, 15) is 28.7 Å². The van der Waals surface area contributed by atoms with Crippen molar-refractivity contribution in [3.8, 4) is 0 Å². The molecule has 0 rings (SSSR count). The maximum Gasteiger partial charge on any atom is 1.00 e. The largest absolute Gasteiger partial charge is 1.00 e. The zero-order chi connectivity index (χ0) is 8.58. The zero-order valence-electron chi connectivity index (χ0n) is 8.37. The number of aliphatic hydroxyl groups excluding tert-OH is 1. The smallest absolute Gasteiger partial charge is 0.809 e. The van der Waals surface area contributed by atoms with Gasteiger partial charge >= 0.3 is 118 Å². The third kappa shape index (κ3) is 14.3. The Balaban J connectivity index is -0.0000000675. The minimum Gasteiger partial charge on any atom is -0.809 e. The fraction of sp³-hybridized carbons (Fsp3) is 1.00. The van der Waals surface area contributed by atoms with E-state index in [2.05, 4.69) is 0 Å². The molecule has 0 unspecified atom stereocenters. The van der Waals surface area contributed by atoms with E-state index in [4.69, 9.17) is 5.11 Å². The fourth-order valence-electron chi connectivity index (χ4n) is 0.173. The van der Waals surface area contributed by atoms with Crippen LogP contribution < -0.4 is 138 Å². The molecule has 0 aliphatic rings. The van der Waals surface area contributed by atoms with Crippen LogP contribution in [0, 0.1) is 0 Å². The summed E-state index contributed by atoms with van der Waals surface area (Å²) in [5.74, 6) is 0. The van der Waals surface area contributed by atoms with Crippen molar-refractivity contribution >= 4 is 15.2 Å². The minimum absolute atomic E-state index is 0. The van der Waals surface area contributed by atoms with Crippen LogP contribution in [0.4, 0.5) is 0 Å². The molecule has 62 valence electrons. The summed E-state index contributed by atoms with van der Waals surface area (Å²) >= 11 is 0. The summed E-state index contributed by atoms with van der Waals surface area (Å²) < 4.78 is 19.3. The van der Waals surface area contributed by atoms with Crippen LogP contribution in [0.1, 0.15) is 0 Å². The molecular weight excluding hydrogens is 278 g/mol. The fourth-order valence-corrected chi connectivity index (χ4v) is 1.56. The summed E-state index contributed by atoms with van der Waals surface area (Å²) in [5.41, 5.74) is -3.35. The van der Waals surface area contributed by atoms with Gasteiger partial charge in [0.2, 0.25) is 0 Å². The van der Waals surface area contributed by atoms with Gasteiger partial charge in [-0.2, -0.15) is 0 Å². The van der Waals surface area contributed by atoms with Crippen LogP contribution in [0.5, 0.6) is 0 Å². The van der Waals surface area contributed by atoms with E-state index in [-0.39, 0.29) is 118 Å². The minimum atomic E-state index is -5.71. The van der Waals surface area contributed by atoms with Gasteiger partial charge in [-0.1, -0.05) is 0 Å². The second kappa shape index (κ2) is 12.3. The Kier molecular flexibility index (Phi) is 27.2. The van der Waals surface area contributed by atoms with E-state index < -0.39 is 20.8 Å². The average Bonchev–Trinajstić information content (AvgIpc) is 1.59. The van der Waals surface area contributed by atoms with E-state index in [1.807, 2.05) is 0 Å². The molecule has 14 heavy (non-hydrogen) atoms. The Morgan fingerprint density at radius 2 is 0.929 bits per heavy atom. The summed E-state index contributed by atoms with van der Waals surface area (Å²) in [4.78, 5) is 38.5. The number of hydrogen-bond donors (Lipinski definition) is 1. The van der Waals surface area contributed by atoms with Crippen molar-refractivity contribution in [2.45, 2.75) is 5.59 Å². The molecule has 0 aromatic rings. The molecule has 0 saturated carbocycles. The van der Waals surface area contributed by atoms with Crippen LogP contribution in [0.15, 0.2) is 0 Å². The first-order valence-electron chi connectivity index (χ1n) is 1.87. The third-order valence-electron chi connectivity index (χ3n) is 0.566. The van der Waals surface area contributed by atoms with Crippen molar-refractivity contribution < 1.29 is 152 Å². The molecular formula is CH2Na4O7P2. The van der Waals surface area contributed by atoms with E-state index in [1.165, 1.54) is 0 Å². The van der Waals surface area contributed by atoms with Crippen molar-refractivity contribution in [2.24, 2.45) is 0 Å². The standard InChI is InChI=1S/CH6O7P2.4Na/c2-1(9(3,4)5)10(6,7)8;;;;/h1-2H,(H2,3,4,5)(H2,6,7,8);;;;/q;4*+1/p-4. The van der Waals surface area contributed by atoms with Gasteiger partial charge in [0.15, 0.2) is 0 Å². The van der Waals surface area contributed by atoms with Crippen molar-refractivity contribution in [3.63, 3.8) is 0 Å². The van der Waals surface area contributed by atoms with Crippen LogP contribution in [0.3, 0.4) is 0 Å². The first-order valence-corrected chi connectivity index (χ1v) is 5.09. The summed E-state index contributed by atoms with van der Waals surface area (Å²) in [6, 6.07) is 0. The molecule has 0 radical (unpaired) electrons. The number of hydrogen-bond acceptors (Lipinski definition) is 7. The van der Waals surface area contributed by atoms with Crippen LogP contribution in [-0.4, -0.2) is 10.7 Å². The quantitative estimate of drug-likeness (QED) is 0.390. The van der Waals surface area contributed by atoms with Crippen LogP contribution >= 0.6 is 15.2 Å². The monoisotopic (exact) mass is 280 g/mol. The molecule has 0 saturated heterocycles. The molecule has 0 fully saturated rings. The van der Waals surface area contributed by atoms with Crippen LogP contribution in [-0.2, 0) is 9.13 Å². The summed E-state index contributed by atoms with van der Waals surface area (Å²) in [7, 11) is -11.4. The molecule has 1 N–H and O–H groups in total. The molecule has 0 aromatic heterocycles. The molecule has 0 aliphatic heterocycles. The second-order valence-electron chi connectivity index (χ2n) is 1.43. The van der Waals surface area contributed by atoms with Gasteiger partial charge in [-0.3, -0.25) is 0 Å². The Labute approximate surface area is 169 Å². The van der Waals surface area contributed by atoms with Gasteiger partial charge in [0.05, 0.1) is 0 Å². The topological polar surface area (TPSA) is 147 Å². The summed E-state index contributed by atoms with van der Waals surface area (Å²) in [5, 5.41) is 7.95. The molecule has 13 heteroatoms. The molecule has 0 aromatic carbocycles. The molecule has 0 aliphatic carbocycles. The SMILES string of the molecule is O=P([O-])([O-])C(O)P(=O)([O-])[O-].[Na+].[Na+].[Na+].[Na+]. The van der Waals surface area contributed by atoms with Gasteiger partial charge in [-0.25, -0.2) is 0 Å². The Hall–Kier alpha value is 4.26. The van der Waals surface area contributed by atoms with Gasteiger partial charge in [0.1, 0.15) is 5.59 Å². The van der Waals surface area contributed by atoms with Gasteiger partial charge in [0.25, 0.3) is 0 Å². The molecule has 0 atom stereocenters. The van der Waals surface area contributed by atoms with Crippen molar-refractivity contribution in [1.29, 1.82) is 0 Å². The summed E-state index contributed by atoms with van der Waals surface area (Å²) in [6.45, 7) is 0. The van der Waals surface area contributed by atoms with Gasteiger partial charge in [-0.15, -0.1) is 0 Å². The van der Waals surface area contributed by atoms with Crippen molar-refractivity contribution in [1.82, 2.24) is 0 Å². The zero-order valence-corrected chi connectivity index (χ0v) is 18.2. The van der Waals surface area contributed by atoms with Gasteiger partial charge < -0.3 is 33.8 Å². The van der Waals surface area contributed by atoms with Gasteiger partial charge in [-0.05, 0) is 15.2 Å². The maximum atomic E-state index is 9.63. The summed E-state index contributed by atoms with van der Waals surface area (Å²) in [6.07, 6.45) is 0. The maximum absolute atomic E-state index is 9.63. The molecule has 0 heterocycles. The van der Waals surface area contributed by atoms with E-state index in [0.717, 1.165) is 0 Å². The predicted molar refractivity (Wildman–Crippen MR) is 21.2 cm³/mol. The molecule has 0 spiro atoms. The number of rotatable bonds is 2. The van der Waals surface area contributed by atoms with E-state index >= 15 is 0 Å². The third-order valence-corrected chi connectivity index (χ3v) is 3.39. The van der Waals surface area contributed by atoms with Crippen molar-refractivity contribution in [2.75, 3.05) is 0 Å². The first-order chi connectivity index (χ1) is 4.15. The molecule has 0 bridgehead atoms. The Morgan fingerprint density at radius 1 is 0.786 bits per heavy atom. The molecule has 0 amide bonds. The molecule has 7 nitrogen and oxygen atoms in total. The van der Waals surface area contributed by atoms with E-state index in [0.29, 0.717) is 0 Å². The first kappa shape index (κ1) is 30.9. The van der Waals surface area contributed by atoms with E-state index in [1.54, 1.807) is 0 Å². The Bertz CT molecular complexity index is 186. The second-order valence-corrected chi connectivity index (χ2v) is 4.97. The van der Waals surface area contributed by atoms with Gasteiger partial charge in [0, 0.05) is 0 Å².